The Kier molecular flexibility index (Phi) is 5.29. The minimum Gasteiger partial charge on any atom is -0.332 e. The molecule has 2 aliphatic heterocycles. The standard InChI is InChI=1S/C20H20Cl2N2O3S/c21-17-8-7-14(13-18(17)22)19-6-2-9-23(19)20(25)15-4-1-5-16(12-15)24-10-3-11-28(24,26)27/h1,4-5,7-8,12-13,19H,2-3,6,9-11H2. The van der Waals surface area contributed by atoms with Crippen molar-refractivity contribution in [1.29, 1.82) is 0 Å². The molecular formula is C20H20Cl2N2O3S. The number of carbonyl (C=O) groups excluding carboxylic acids is 1. The van der Waals surface area contributed by atoms with Crippen molar-refractivity contribution in [2.24, 2.45) is 0 Å². The second-order valence-electron chi connectivity index (χ2n) is 7.12. The number of sulfonamides is 1. The molecule has 0 radical (unpaired) electrons. The number of benzene rings is 2. The molecule has 0 aliphatic carbocycles. The fourth-order valence-electron chi connectivity index (χ4n) is 3.97. The third-order valence-corrected chi connectivity index (χ3v) is 7.93. The Morgan fingerprint density at radius 3 is 2.54 bits per heavy atom. The average Bonchev–Trinajstić information content (AvgIpc) is 3.29. The van der Waals surface area contributed by atoms with Crippen LogP contribution in [0.2, 0.25) is 10.0 Å². The predicted molar refractivity (Wildman–Crippen MR) is 112 cm³/mol. The molecule has 8 heteroatoms. The number of nitrogens with zero attached hydrogens (tertiary/aromatic N) is 2. The molecule has 0 N–H and O–H groups in total. The van der Waals surface area contributed by atoms with E-state index in [1.54, 1.807) is 30.3 Å². The molecular weight excluding hydrogens is 419 g/mol. The largest absolute Gasteiger partial charge is 0.332 e. The van der Waals surface area contributed by atoms with Crippen molar-refractivity contribution in [3.8, 4) is 0 Å². The molecule has 1 amide bonds. The minimum absolute atomic E-state index is 0.0681. The lowest BCUT2D eigenvalue weighted by Crippen LogP contribution is -2.31. The van der Waals surface area contributed by atoms with Crippen LogP contribution in [0.1, 0.15) is 41.2 Å². The van der Waals surface area contributed by atoms with E-state index in [0.717, 1.165) is 18.4 Å². The van der Waals surface area contributed by atoms with Crippen LogP contribution in [-0.4, -0.2) is 38.1 Å². The first-order valence-corrected chi connectivity index (χ1v) is 11.6. The Labute approximate surface area is 174 Å². The molecule has 2 fully saturated rings. The molecule has 2 heterocycles. The van der Waals surface area contributed by atoms with E-state index in [0.29, 0.717) is 40.8 Å². The van der Waals surface area contributed by atoms with Gasteiger partial charge in [-0.2, -0.15) is 0 Å². The van der Waals surface area contributed by atoms with Gasteiger partial charge in [0.1, 0.15) is 0 Å². The highest BCUT2D eigenvalue weighted by atomic mass is 35.5. The lowest BCUT2D eigenvalue weighted by Gasteiger charge is -2.26. The maximum atomic E-state index is 13.2. The number of rotatable bonds is 3. The predicted octanol–water partition coefficient (Wildman–Crippen LogP) is 4.51. The van der Waals surface area contributed by atoms with E-state index in [2.05, 4.69) is 0 Å². The van der Waals surface area contributed by atoms with Gasteiger partial charge in [-0.05, 0) is 55.2 Å². The van der Waals surface area contributed by atoms with Gasteiger partial charge < -0.3 is 4.90 Å². The van der Waals surface area contributed by atoms with E-state index in [4.69, 9.17) is 23.2 Å². The molecule has 5 nitrogen and oxygen atoms in total. The maximum Gasteiger partial charge on any atom is 0.254 e. The van der Waals surface area contributed by atoms with Crippen molar-refractivity contribution in [3.05, 3.63) is 63.6 Å². The summed E-state index contributed by atoms with van der Waals surface area (Å²) in [6.45, 7) is 1.10. The van der Waals surface area contributed by atoms with Crippen LogP contribution in [-0.2, 0) is 10.0 Å². The summed E-state index contributed by atoms with van der Waals surface area (Å²) >= 11 is 12.2. The average molecular weight is 439 g/mol. The van der Waals surface area contributed by atoms with Gasteiger partial charge in [-0.1, -0.05) is 35.3 Å². The molecule has 0 bridgehead atoms. The van der Waals surface area contributed by atoms with Crippen molar-refractivity contribution in [1.82, 2.24) is 4.90 Å². The van der Waals surface area contributed by atoms with Crippen molar-refractivity contribution in [3.63, 3.8) is 0 Å². The van der Waals surface area contributed by atoms with E-state index >= 15 is 0 Å². The van der Waals surface area contributed by atoms with Crippen LogP contribution < -0.4 is 4.31 Å². The summed E-state index contributed by atoms with van der Waals surface area (Å²) in [5.74, 6) is 0.0449. The highest BCUT2D eigenvalue weighted by molar-refractivity contribution is 7.93. The third kappa shape index (κ3) is 3.61. The first kappa shape index (κ1) is 19.6. The molecule has 2 aromatic rings. The second kappa shape index (κ2) is 7.58. The van der Waals surface area contributed by atoms with Crippen LogP contribution in [0.4, 0.5) is 5.69 Å². The van der Waals surface area contributed by atoms with Gasteiger partial charge in [0.05, 0.1) is 27.5 Å². The number of hydrogen-bond acceptors (Lipinski definition) is 3. The summed E-state index contributed by atoms with van der Waals surface area (Å²) in [6.07, 6.45) is 2.35. The highest BCUT2D eigenvalue weighted by Crippen LogP contribution is 2.36. The number of likely N-dealkylation sites (tertiary alicyclic amines) is 1. The Balaban J connectivity index is 1.62. The van der Waals surface area contributed by atoms with Crippen molar-refractivity contribution in [2.75, 3.05) is 23.1 Å². The number of carbonyl (C=O) groups is 1. The zero-order chi connectivity index (χ0) is 19.9. The summed E-state index contributed by atoms with van der Waals surface area (Å²) in [5.41, 5.74) is 2.00. The van der Waals surface area contributed by atoms with Gasteiger partial charge in [-0.25, -0.2) is 8.42 Å². The Morgan fingerprint density at radius 1 is 1.00 bits per heavy atom. The summed E-state index contributed by atoms with van der Waals surface area (Å²) in [4.78, 5) is 15.0. The Hall–Kier alpha value is -1.76. The van der Waals surface area contributed by atoms with Gasteiger partial charge in [0.2, 0.25) is 10.0 Å². The molecule has 1 atom stereocenters. The first-order valence-electron chi connectivity index (χ1n) is 9.23. The van der Waals surface area contributed by atoms with Crippen LogP contribution >= 0.6 is 23.2 Å². The monoisotopic (exact) mass is 438 g/mol. The van der Waals surface area contributed by atoms with Gasteiger partial charge in [-0.3, -0.25) is 9.10 Å². The van der Waals surface area contributed by atoms with Crippen molar-refractivity contribution < 1.29 is 13.2 Å². The molecule has 28 heavy (non-hydrogen) atoms. The van der Waals surface area contributed by atoms with Gasteiger partial charge in [0, 0.05) is 18.7 Å². The zero-order valence-electron chi connectivity index (χ0n) is 15.1. The Bertz CT molecular complexity index is 1030. The summed E-state index contributed by atoms with van der Waals surface area (Å²) in [5, 5.41) is 0.959. The van der Waals surface area contributed by atoms with Gasteiger partial charge in [-0.15, -0.1) is 0 Å². The first-order chi connectivity index (χ1) is 13.4. The molecule has 0 aromatic heterocycles. The summed E-state index contributed by atoms with van der Waals surface area (Å²) < 4.78 is 25.8. The molecule has 2 saturated heterocycles. The third-order valence-electron chi connectivity index (χ3n) is 5.32. The number of amides is 1. The molecule has 1 unspecified atom stereocenters. The minimum atomic E-state index is -3.28. The van der Waals surface area contributed by atoms with E-state index in [1.807, 2.05) is 17.0 Å². The SMILES string of the molecule is O=C(c1cccc(N2CCCS2(=O)=O)c1)N1CCCC1c1ccc(Cl)c(Cl)c1. The van der Waals surface area contributed by atoms with Crippen molar-refractivity contribution in [2.45, 2.75) is 25.3 Å². The number of anilines is 1. The normalized spacial score (nSPS) is 21.3. The molecule has 4 rings (SSSR count). The smallest absolute Gasteiger partial charge is 0.254 e. The lowest BCUT2D eigenvalue weighted by molar-refractivity contribution is 0.0735. The van der Waals surface area contributed by atoms with Gasteiger partial charge in [0.15, 0.2) is 0 Å². The summed E-state index contributed by atoms with van der Waals surface area (Å²) in [7, 11) is -3.28. The van der Waals surface area contributed by atoms with Crippen LogP contribution in [0.5, 0.6) is 0 Å². The van der Waals surface area contributed by atoms with Crippen LogP contribution in [0.15, 0.2) is 42.5 Å². The van der Waals surface area contributed by atoms with E-state index in [9.17, 15) is 13.2 Å². The Morgan fingerprint density at radius 2 is 1.82 bits per heavy atom. The number of halogens is 2. The fourth-order valence-corrected chi connectivity index (χ4v) is 5.83. The molecule has 148 valence electrons. The van der Waals surface area contributed by atoms with Crippen LogP contribution in [0.3, 0.4) is 0 Å². The fraction of sp³-hybridized carbons (Fsp3) is 0.350. The van der Waals surface area contributed by atoms with Gasteiger partial charge >= 0.3 is 0 Å². The van der Waals surface area contributed by atoms with Crippen molar-refractivity contribution >= 4 is 44.8 Å². The van der Waals surface area contributed by atoms with Crippen LogP contribution in [0, 0.1) is 0 Å². The zero-order valence-corrected chi connectivity index (χ0v) is 17.5. The molecule has 0 spiro atoms. The molecule has 2 aliphatic rings. The van der Waals surface area contributed by atoms with E-state index < -0.39 is 10.0 Å². The lowest BCUT2D eigenvalue weighted by atomic mass is 10.0. The second-order valence-corrected chi connectivity index (χ2v) is 9.95. The quantitative estimate of drug-likeness (QED) is 0.707. The molecule has 0 saturated carbocycles. The van der Waals surface area contributed by atoms with E-state index in [-0.39, 0.29) is 17.7 Å². The number of hydrogen-bond donors (Lipinski definition) is 0. The summed E-state index contributed by atoms with van der Waals surface area (Å²) in [6, 6.07) is 12.3. The highest BCUT2D eigenvalue weighted by Gasteiger charge is 2.32. The molecule has 2 aromatic carbocycles. The van der Waals surface area contributed by atoms with E-state index in [1.165, 1.54) is 4.31 Å². The maximum absolute atomic E-state index is 13.2. The van der Waals surface area contributed by atoms with Crippen LogP contribution in [0.25, 0.3) is 0 Å². The van der Waals surface area contributed by atoms with Gasteiger partial charge in [0.25, 0.3) is 5.91 Å². The topological polar surface area (TPSA) is 57.7 Å².